The second-order valence-corrected chi connectivity index (χ2v) is 7.26. The summed E-state index contributed by atoms with van der Waals surface area (Å²) in [6.45, 7) is 3.55. The Morgan fingerprint density at radius 3 is 2.75 bits per heavy atom. The SMILES string of the molecule is CC1CCC(CN)(C(=O)N(C)CCc2cccs2)CC1. The van der Waals surface area contributed by atoms with Gasteiger partial charge in [-0.1, -0.05) is 13.0 Å². The number of carbonyl (C=O) groups excluding carboxylic acids is 1. The molecule has 20 heavy (non-hydrogen) atoms. The first kappa shape index (κ1) is 15.5. The van der Waals surface area contributed by atoms with Gasteiger partial charge in [-0.05, 0) is 49.5 Å². The van der Waals surface area contributed by atoms with Crippen molar-refractivity contribution in [3.8, 4) is 0 Å². The van der Waals surface area contributed by atoms with E-state index in [0.29, 0.717) is 6.54 Å². The molecule has 1 heterocycles. The number of hydrogen-bond donors (Lipinski definition) is 1. The third-order valence-corrected chi connectivity index (χ3v) is 5.63. The van der Waals surface area contributed by atoms with Crippen LogP contribution in [0.3, 0.4) is 0 Å². The van der Waals surface area contributed by atoms with Crippen molar-refractivity contribution in [2.45, 2.75) is 39.0 Å². The second kappa shape index (κ2) is 6.72. The summed E-state index contributed by atoms with van der Waals surface area (Å²) in [6, 6.07) is 4.19. The molecule has 1 aliphatic carbocycles. The van der Waals surface area contributed by atoms with Crippen molar-refractivity contribution in [3.05, 3.63) is 22.4 Å². The molecule has 1 aromatic rings. The summed E-state index contributed by atoms with van der Waals surface area (Å²) in [5, 5.41) is 2.08. The molecule has 0 unspecified atom stereocenters. The van der Waals surface area contributed by atoms with E-state index in [2.05, 4.69) is 24.4 Å². The quantitative estimate of drug-likeness (QED) is 0.907. The van der Waals surface area contributed by atoms with Gasteiger partial charge in [-0.15, -0.1) is 11.3 Å². The lowest BCUT2D eigenvalue weighted by Gasteiger charge is -2.39. The Bertz CT molecular complexity index is 422. The molecule has 2 N–H and O–H groups in total. The van der Waals surface area contributed by atoms with E-state index in [1.54, 1.807) is 11.3 Å². The molecule has 0 bridgehead atoms. The zero-order chi connectivity index (χ0) is 14.6. The standard InChI is InChI=1S/C16H26N2OS/c1-13-5-8-16(12-17,9-6-13)15(19)18(2)10-7-14-4-3-11-20-14/h3-4,11,13H,5-10,12,17H2,1-2H3. The van der Waals surface area contributed by atoms with Crippen LogP contribution in [0.25, 0.3) is 0 Å². The highest BCUT2D eigenvalue weighted by molar-refractivity contribution is 7.09. The molecule has 0 aliphatic heterocycles. The maximum atomic E-state index is 12.8. The monoisotopic (exact) mass is 294 g/mol. The topological polar surface area (TPSA) is 46.3 Å². The first-order chi connectivity index (χ1) is 9.57. The first-order valence-electron chi connectivity index (χ1n) is 7.55. The zero-order valence-corrected chi connectivity index (χ0v) is 13.4. The zero-order valence-electron chi connectivity index (χ0n) is 12.6. The number of rotatable bonds is 5. The summed E-state index contributed by atoms with van der Waals surface area (Å²) >= 11 is 1.75. The largest absolute Gasteiger partial charge is 0.345 e. The van der Waals surface area contributed by atoms with E-state index in [4.69, 9.17) is 5.73 Å². The van der Waals surface area contributed by atoms with Crippen molar-refractivity contribution in [2.24, 2.45) is 17.1 Å². The van der Waals surface area contributed by atoms with Gasteiger partial charge < -0.3 is 10.6 Å². The third-order valence-electron chi connectivity index (χ3n) is 4.70. The number of amides is 1. The van der Waals surface area contributed by atoms with Crippen LogP contribution in [0.2, 0.25) is 0 Å². The minimum atomic E-state index is -0.295. The predicted molar refractivity (Wildman–Crippen MR) is 84.8 cm³/mol. The highest BCUT2D eigenvalue weighted by Crippen LogP contribution is 2.39. The number of thiophene rings is 1. The molecular weight excluding hydrogens is 268 g/mol. The third kappa shape index (κ3) is 3.41. The van der Waals surface area contributed by atoms with Gasteiger partial charge in [0.25, 0.3) is 0 Å². The summed E-state index contributed by atoms with van der Waals surface area (Å²) in [4.78, 5) is 16.0. The molecule has 112 valence electrons. The number of nitrogens with zero attached hydrogens (tertiary/aromatic N) is 1. The maximum absolute atomic E-state index is 12.8. The average molecular weight is 294 g/mol. The Morgan fingerprint density at radius 1 is 1.50 bits per heavy atom. The first-order valence-corrected chi connectivity index (χ1v) is 8.43. The predicted octanol–water partition coefficient (Wildman–Crippen LogP) is 2.90. The van der Waals surface area contributed by atoms with Gasteiger partial charge in [0.15, 0.2) is 0 Å². The van der Waals surface area contributed by atoms with Crippen molar-refractivity contribution < 1.29 is 4.79 Å². The van der Waals surface area contributed by atoms with Crippen LogP contribution in [0.4, 0.5) is 0 Å². The van der Waals surface area contributed by atoms with Crippen LogP contribution in [0.15, 0.2) is 17.5 Å². The lowest BCUT2D eigenvalue weighted by Crippen LogP contribution is -2.49. The van der Waals surface area contributed by atoms with Crippen molar-refractivity contribution in [1.29, 1.82) is 0 Å². The number of likely N-dealkylation sites (N-methyl/N-ethyl adjacent to an activating group) is 1. The smallest absolute Gasteiger partial charge is 0.229 e. The van der Waals surface area contributed by atoms with Crippen LogP contribution in [0.5, 0.6) is 0 Å². The van der Waals surface area contributed by atoms with Gasteiger partial charge in [-0.25, -0.2) is 0 Å². The highest BCUT2D eigenvalue weighted by atomic mass is 32.1. The molecule has 1 saturated carbocycles. The van der Waals surface area contributed by atoms with E-state index in [1.807, 2.05) is 11.9 Å². The van der Waals surface area contributed by atoms with Gasteiger partial charge in [-0.3, -0.25) is 4.79 Å². The summed E-state index contributed by atoms with van der Waals surface area (Å²) < 4.78 is 0. The van der Waals surface area contributed by atoms with Crippen LogP contribution in [0.1, 0.15) is 37.5 Å². The van der Waals surface area contributed by atoms with Crippen LogP contribution < -0.4 is 5.73 Å². The molecule has 0 aromatic carbocycles. The molecule has 0 saturated heterocycles. The Hall–Kier alpha value is -0.870. The van der Waals surface area contributed by atoms with E-state index in [9.17, 15) is 4.79 Å². The van der Waals surface area contributed by atoms with Gasteiger partial charge in [0, 0.05) is 25.0 Å². The molecule has 0 radical (unpaired) electrons. The van der Waals surface area contributed by atoms with Crippen LogP contribution in [-0.2, 0) is 11.2 Å². The molecule has 1 aromatic heterocycles. The van der Waals surface area contributed by atoms with Crippen molar-refractivity contribution >= 4 is 17.2 Å². The Labute approximate surface area is 126 Å². The Kier molecular flexibility index (Phi) is 5.22. The van der Waals surface area contributed by atoms with Gasteiger partial charge in [0.05, 0.1) is 5.41 Å². The van der Waals surface area contributed by atoms with E-state index in [-0.39, 0.29) is 11.3 Å². The highest BCUT2D eigenvalue weighted by Gasteiger charge is 2.41. The minimum absolute atomic E-state index is 0.253. The van der Waals surface area contributed by atoms with Gasteiger partial charge in [-0.2, -0.15) is 0 Å². The van der Waals surface area contributed by atoms with Gasteiger partial charge in [0.1, 0.15) is 0 Å². The lowest BCUT2D eigenvalue weighted by molar-refractivity contribution is -0.142. The fourth-order valence-electron chi connectivity index (χ4n) is 3.06. The van der Waals surface area contributed by atoms with E-state index < -0.39 is 0 Å². The van der Waals surface area contributed by atoms with Crippen molar-refractivity contribution in [2.75, 3.05) is 20.1 Å². The summed E-state index contributed by atoms with van der Waals surface area (Å²) in [5.74, 6) is 0.988. The molecule has 2 rings (SSSR count). The van der Waals surface area contributed by atoms with Crippen molar-refractivity contribution in [1.82, 2.24) is 4.90 Å². The Balaban J connectivity index is 1.93. The molecule has 1 aliphatic rings. The summed E-state index contributed by atoms with van der Waals surface area (Å²) in [7, 11) is 1.92. The fraction of sp³-hybridized carbons (Fsp3) is 0.688. The maximum Gasteiger partial charge on any atom is 0.229 e. The molecular formula is C16H26N2OS. The fourth-order valence-corrected chi connectivity index (χ4v) is 3.76. The lowest BCUT2D eigenvalue weighted by atomic mass is 9.70. The molecule has 1 amide bonds. The average Bonchev–Trinajstić information content (AvgIpc) is 2.98. The van der Waals surface area contributed by atoms with Crippen LogP contribution in [0, 0.1) is 11.3 Å². The van der Waals surface area contributed by atoms with Crippen LogP contribution >= 0.6 is 11.3 Å². The number of carbonyl (C=O) groups is 1. The number of nitrogens with two attached hydrogens (primary N) is 1. The van der Waals surface area contributed by atoms with Gasteiger partial charge >= 0.3 is 0 Å². The van der Waals surface area contributed by atoms with E-state index in [0.717, 1.165) is 44.6 Å². The van der Waals surface area contributed by atoms with Crippen molar-refractivity contribution in [3.63, 3.8) is 0 Å². The normalized spacial score (nSPS) is 26.4. The van der Waals surface area contributed by atoms with Crippen LogP contribution in [-0.4, -0.2) is 30.9 Å². The molecule has 3 nitrogen and oxygen atoms in total. The molecule has 1 fully saturated rings. The number of hydrogen-bond acceptors (Lipinski definition) is 3. The summed E-state index contributed by atoms with van der Waals surface area (Å²) in [5.41, 5.74) is 5.67. The van der Waals surface area contributed by atoms with Gasteiger partial charge in [0.2, 0.25) is 5.91 Å². The summed E-state index contributed by atoms with van der Waals surface area (Å²) in [6.07, 6.45) is 5.10. The minimum Gasteiger partial charge on any atom is -0.345 e. The van der Waals surface area contributed by atoms with E-state index in [1.165, 1.54) is 4.88 Å². The molecule has 4 heteroatoms. The Morgan fingerprint density at radius 2 is 2.20 bits per heavy atom. The molecule has 0 atom stereocenters. The molecule has 0 spiro atoms. The second-order valence-electron chi connectivity index (χ2n) is 6.22. The van der Waals surface area contributed by atoms with E-state index >= 15 is 0 Å².